The summed E-state index contributed by atoms with van der Waals surface area (Å²) < 4.78 is 36.3. The third-order valence-corrected chi connectivity index (χ3v) is 8.60. The van der Waals surface area contributed by atoms with Gasteiger partial charge in [0, 0.05) is 55.0 Å². The summed E-state index contributed by atoms with van der Waals surface area (Å²) in [4.78, 5) is 24.0. The second kappa shape index (κ2) is 10.3. The van der Waals surface area contributed by atoms with Crippen LogP contribution < -0.4 is 25.8 Å². The molecule has 0 bridgehead atoms. The second-order valence-corrected chi connectivity index (χ2v) is 11.6. The van der Waals surface area contributed by atoms with Gasteiger partial charge in [0.1, 0.15) is 5.02 Å². The van der Waals surface area contributed by atoms with Gasteiger partial charge in [0.15, 0.2) is 5.82 Å². The van der Waals surface area contributed by atoms with Gasteiger partial charge in [-0.25, -0.2) is 13.8 Å². The lowest BCUT2D eigenvalue weighted by atomic mass is 9.87. The Kier molecular flexibility index (Phi) is 6.98. The number of nitrogens with zero attached hydrogens (tertiary/aromatic N) is 4. The summed E-state index contributed by atoms with van der Waals surface area (Å²) in [5, 5.41) is 17.6. The van der Waals surface area contributed by atoms with Crippen LogP contribution in [-0.2, 0) is 6.54 Å². The van der Waals surface area contributed by atoms with Crippen LogP contribution >= 0.6 is 11.6 Å². The number of hydrogen-bond donors (Lipinski definition) is 3. The lowest BCUT2D eigenvalue weighted by molar-refractivity contribution is -0.105. The molecular weight excluding hydrogens is 542 g/mol. The van der Waals surface area contributed by atoms with Crippen molar-refractivity contribution in [3.63, 3.8) is 0 Å². The maximum Gasteiger partial charge on any atom is 0.295 e. The third-order valence-electron chi connectivity index (χ3n) is 8.32. The van der Waals surface area contributed by atoms with E-state index >= 15 is 0 Å². The number of aliphatic hydroxyl groups excluding tert-OH is 1. The van der Waals surface area contributed by atoms with E-state index in [-0.39, 0.29) is 48.6 Å². The van der Waals surface area contributed by atoms with Crippen molar-refractivity contribution in [3.05, 3.63) is 39.8 Å². The van der Waals surface area contributed by atoms with E-state index < -0.39 is 17.8 Å². The first kappa shape index (κ1) is 27.0. The van der Waals surface area contributed by atoms with Crippen LogP contribution in [0.15, 0.2) is 29.2 Å². The fourth-order valence-electron chi connectivity index (χ4n) is 5.87. The first-order chi connectivity index (χ1) is 19.2. The molecule has 3 aliphatic rings. The highest BCUT2D eigenvalue weighted by Crippen LogP contribution is 2.42. The molecule has 0 spiro atoms. The van der Waals surface area contributed by atoms with Gasteiger partial charge >= 0.3 is 0 Å². The average molecular weight is 575 g/mol. The Morgan fingerprint density at radius 3 is 2.67 bits per heavy atom. The smallest absolute Gasteiger partial charge is 0.295 e. The van der Waals surface area contributed by atoms with Crippen LogP contribution in [0.4, 0.5) is 31.9 Å². The summed E-state index contributed by atoms with van der Waals surface area (Å²) in [6.07, 6.45) is 4.58. The molecule has 1 saturated carbocycles. The number of ether oxygens (including phenoxy) is 1. The number of hydrogen-bond acceptors (Lipinski definition) is 8. The summed E-state index contributed by atoms with van der Waals surface area (Å²) in [5.74, 6) is -2.94. The molecule has 4 heterocycles. The highest BCUT2D eigenvalue weighted by atomic mass is 35.5. The predicted molar refractivity (Wildman–Crippen MR) is 151 cm³/mol. The molecule has 1 aliphatic carbocycles. The molecule has 6 rings (SSSR count). The van der Waals surface area contributed by atoms with Crippen molar-refractivity contribution in [2.75, 3.05) is 41.8 Å². The summed E-state index contributed by atoms with van der Waals surface area (Å²) >= 11 is 6.46. The Balaban J connectivity index is 1.37. The van der Waals surface area contributed by atoms with Crippen LogP contribution in [-0.4, -0.2) is 57.9 Å². The first-order valence-electron chi connectivity index (χ1n) is 13.8. The molecule has 12 heteroatoms. The van der Waals surface area contributed by atoms with E-state index in [1.54, 1.807) is 4.90 Å². The molecule has 3 aromatic rings. The van der Waals surface area contributed by atoms with Gasteiger partial charge in [-0.3, -0.25) is 4.79 Å². The molecule has 3 N–H and O–H groups in total. The topological polar surface area (TPSA) is 105 Å². The standard InChI is InChI=1S/C28H33ClF2N6O3/c1-15-13-36(14-16(2)28(15,30)31)27-32-12-20(29)25(35-27)33-18-5-6-22-19(11-18)23-24(26(39)37(22)8-9-38)40-10-7-21(34-23)17-3-4-17/h5-6,11-12,15-17,21,34,38H,3-4,7-10,13-14H2,1-2H3,(H,32,33,35)/t15-,16+,21-/m1/s1. The van der Waals surface area contributed by atoms with Crippen molar-refractivity contribution in [3.8, 4) is 5.75 Å². The molecule has 2 aliphatic heterocycles. The number of nitrogens with one attached hydrogen (secondary N) is 2. The maximum absolute atomic E-state index is 14.4. The Labute approximate surface area is 235 Å². The van der Waals surface area contributed by atoms with Gasteiger partial charge in [-0.05, 0) is 37.0 Å². The average Bonchev–Trinajstić information content (AvgIpc) is 3.78. The monoisotopic (exact) mass is 574 g/mol. The number of pyridine rings is 1. The molecule has 0 amide bonds. The van der Waals surface area contributed by atoms with Gasteiger partial charge in [-0.2, -0.15) is 4.98 Å². The molecule has 0 unspecified atom stereocenters. The fourth-order valence-corrected chi connectivity index (χ4v) is 6.01. The largest absolute Gasteiger partial charge is 0.486 e. The van der Waals surface area contributed by atoms with Gasteiger partial charge in [-0.1, -0.05) is 25.4 Å². The van der Waals surface area contributed by atoms with Crippen molar-refractivity contribution in [2.24, 2.45) is 17.8 Å². The molecule has 9 nitrogen and oxygen atoms in total. The normalized spacial score (nSPS) is 24.1. The minimum absolute atomic E-state index is 0.136. The van der Waals surface area contributed by atoms with Gasteiger partial charge in [-0.15, -0.1) is 0 Å². The number of fused-ring (bicyclic) bond motifs is 3. The molecule has 214 valence electrons. The molecule has 2 aromatic heterocycles. The number of aromatic nitrogens is 3. The van der Waals surface area contributed by atoms with E-state index in [1.807, 2.05) is 18.2 Å². The highest BCUT2D eigenvalue weighted by Gasteiger charge is 2.47. The Morgan fingerprint density at radius 2 is 1.98 bits per heavy atom. The van der Waals surface area contributed by atoms with Crippen LogP contribution in [0.3, 0.4) is 0 Å². The zero-order valence-corrected chi connectivity index (χ0v) is 23.2. The van der Waals surface area contributed by atoms with Crippen molar-refractivity contribution >= 4 is 45.6 Å². The van der Waals surface area contributed by atoms with Crippen molar-refractivity contribution < 1.29 is 18.6 Å². The van der Waals surface area contributed by atoms with Crippen molar-refractivity contribution in [2.45, 2.75) is 51.6 Å². The lowest BCUT2D eigenvalue weighted by Gasteiger charge is -2.41. The highest BCUT2D eigenvalue weighted by molar-refractivity contribution is 6.33. The van der Waals surface area contributed by atoms with Crippen LogP contribution in [0.25, 0.3) is 10.9 Å². The Bertz CT molecular complexity index is 1480. The predicted octanol–water partition coefficient (Wildman–Crippen LogP) is 4.88. The number of anilines is 4. The number of aliphatic hydroxyl groups is 1. The summed E-state index contributed by atoms with van der Waals surface area (Å²) in [6, 6.07) is 5.74. The number of benzene rings is 1. The maximum atomic E-state index is 14.4. The van der Waals surface area contributed by atoms with E-state index in [9.17, 15) is 18.7 Å². The molecule has 2 fully saturated rings. The van der Waals surface area contributed by atoms with E-state index in [4.69, 9.17) is 16.3 Å². The van der Waals surface area contributed by atoms with Gasteiger partial charge in [0.25, 0.3) is 11.5 Å². The SMILES string of the molecule is C[C@@H]1CN(c2ncc(Cl)c(Nc3ccc4c(c3)c3c(c(=O)n4CCO)OCC[C@H](C4CC4)N3)n2)C[C@H](C)C1(F)F. The second-order valence-electron chi connectivity index (χ2n) is 11.2. The summed E-state index contributed by atoms with van der Waals surface area (Å²) in [6.45, 7) is 3.74. The zero-order chi connectivity index (χ0) is 28.2. The van der Waals surface area contributed by atoms with Crippen LogP contribution in [0, 0.1) is 17.8 Å². The molecule has 1 saturated heterocycles. The molecular formula is C28H33ClF2N6O3. The molecule has 3 atom stereocenters. The van der Waals surface area contributed by atoms with E-state index in [0.717, 1.165) is 24.6 Å². The van der Waals surface area contributed by atoms with E-state index in [0.29, 0.717) is 41.2 Å². The molecule has 40 heavy (non-hydrogen) atoms. The van der Waals surface area contributed by atoms with E-state index in [1.165, 1.54) is 24.6 Å². The molecule has 1 aromatic carbocycles. The zero-order valence-electron chi connectivity index (χ0n) is 22.5. The number of halogens is 3. The van der Waals surface area contributed by atoms with Crippen LogP contribution in [0.5, 0.6) is 5.75 Å². The molecule has 0 radical (unpaired) electrons. The fraction of sp³-hybridized carbons (Fsp3) is 0.536. The summed E-state index contributed by atoms with van der Waals surface area (Å²) in [5.41, 5.74) is 1.71. The number of rotatable bonds is 6. The number of piperidine rings is 1. The van der Waals surface area contributed by atoms with Gasteiger partial charge in [0.05, 0.1) is 30.6 Å². The van der Waals surface area contributed by atoms with E-state index in [2.05, 4.69) is 20.6 Å². The Hall–Kier alpha value is -3.18. The van der Waals surface area contributed by atoms with Crippen molar-refractivity contribution in [1.82, 2.24) is 14.5 Å². The lowest BCUT2D eigenvalue weighted by Crippen LogP contribution is -2.52. The first-order valence-corrected chi connectivity index (χ1v) is 14.2. The minimum atomic E-state index is -2.75. The Morgan fingerprint density at radius 1 is 1.23 bits per heavy atom. The summed E-state index contributed by atoms with van der Waals surface area (Å²) in [7, 11) is 0. The van der Waals surface area contributed by atoms with Crippen molar-refractivity contribution in [1.29, 1.82) is 0 Å². The van der Waals surface area contributed by atoms with Crippen LogP contribution in [0.2, 0.25) is 5.02 Å². The quantitative estimate of drug-likeness (QED) is 0.383. The van der Waals surface area contributed by atoms with Gasteiger partial charge in [0.2, 0.25) is 11.7 Å². The van der Waals surface area contributed by atoms with Crippen LogP contribution in [0.1, 0.15) is 33.1 Å². The minimum Gasteiger partial charge on any atom is -0.486 e. The number of alkyl halides is 2. The third kappa shape index (κ3) is 4.83. The van der Waals surface area contributed by atoms with Gasteiger partial charge < -0.3 is 29.9 Å².